The number of nitrogens with one attached hydrogen (secondary N) is 2. The Labute approximate surface area is 115 Å². The summed E-state index contributed by atoms with van der Waals surface area (Å²) in [6.07, 6.45) is 6.73. The van der Waals surface area contributed by atoms with E-state index in [-0.39, 0.29) is 5.91 Å². The van der Waals surface area contributed by atoms with E-state index in [1.54, 1.807) is 6.20 Å². The zero-order chi connectivity index (χ0) is 13.7. The Hall–Kier alpha value is -1.58. The quantitative estimate of drug-likeness (QED) is 0.857. The molecule has 1 fully saturated rings. The maximum atomic E-state index is 11.9. The number of nitrogens with zero attached hydrogens (tertiary/aromatic N) is 1. The second kappa shape index (κ2) is 6.55. The topological polar surface area (TPSA) is 54.0 Å². The smallest absolute Gasteiger partial charge is 0.269 e. The Kier molecular flexibility index (Phi) is 4.77. The average molecular weight is 261 g/mol. The number of hydrogen-bond acceptors (Lipinski definition) is 3. The highest BCUT2D eigenvalue weighted by Crippen LogP contribution is 2.22. The first kappa shape index (κ1) is 13.8. The van der Waals surface area contributed by atoms with Crippen molar-refractivity contribution in [3.8, 4) is 0 Å². The van der Waals surface area contributed by atoms with Crippen LogP contribution in [-0.2, 0) is 0 Å². The Morgan fingerprint density at radius 3 is 2.84 bits per heavy atom. The molecule has 0 saturated heterocycles. The Bertz CT molecular complexity index is 425. The molecule has 2 rings (SSSR count). The molecule has 1 amide bonds. The molecule has 0 aliphatic heterocycles. The molecule has 1 aromatic heterocycles. The summed E-state index contributed by atoms with van der Waals surface area (Å²) in [7, 11) is 0. The van der Waals surface area contributed by atoms with Crippen molar-refractivity contribution >= 4 is 11.6 Å². The van der Waals surface area contributed by atoms with E-state index in [1.807, 2.05) is 12.1 Å². The SMILES string of the molecule is CC(C)CNC(=O)c1cc(NC2CCCC2)ccn1. The van der Waals surface area contributed by atoms with Crippen LogP contribution in [0.4, 0.5) is 5.69 Å². The average Bonchev–Trinajstić information content (AvgIpc) is 2.89. The van der Waals surface area contributed by atoms with E-state index in [1.165, 1.54) is 25.7 Å². The number of carbonyl (C=O) groups excluding carboxylic acids is 1. The van der Waals surface area contributed by atoms with Crippen LogP contribution in [0.5, 0.6) is 0 Å². The van der Waals surface area contributed by atoms with Crippen LogP contribution in [0.15, 0.2) is 18.3 Å². The zero-order valence-electron chi connectivity index (χ0n) is 11.8. The maximum absolute atomic E-state index is 11.9. The van der Waals surface area contributed by atoms with Crippen LogP contribution in [0.25, 0.3) is 0 Å². The third kappa shape index (κ3) is 4.23. The summed E-state index contributed by atoms with van der Waals surface area (Å²) in [4.78, 5) is 16.1. The van der Waals surface area contributed by atoms with Gasteiger partial charge in [-0.3, -0.25) is 9.78 Å². The van der Waals surface area contributed by atoms with Crippen molar-refractivity contribution in [3.63, 3.8) is 0 Å². The molecule has 0 bridgehead atoms. The van der Waals surface area contributed by atoms with Gasteiger partial charge < -0.3 is 10.6 Å². The number of aromatic nitrogens is 1. The van der Waals surface area contributed by atoms with E-state index >= 15 is 0 Å². The molecule has 1 heterocycles. The summed E-state index contributed by atoms with van der Waals surface area (Å²) in [5, 5.41) is 6.37. The van der Waals surface area contributed by atoms with Crippen LogP contribution in [0, 0.1) is 5.92 Å². The van der Waals surface area contributed by atoms with Crippen LogP contribution >= 0.6 is 0 Å². The lowest BCUT2D eigenvalue weighted by molar-refractivity contribution is 0.0944. The molecule has 2 N–H and O–H groups in total. The van der Waals surface area contributed by atoms with Gasteiger partial charge in [-0.2, -0.15) is 0 Å². The van der Waals surface area contributed by atoms with Crippen molar-refractivity contribution in [1.82, 2.24) is 10.3 Å². The first-order valence-corrected chi connectivity index (χ1v) is 7.16. The summed E-state index contributed by atoms with van der Waals surface area (Å²) >= 11 is 0. The van der Waals surface area contributed by atoms with Gasteiger partial charge in [-0.25, -0.2) is 0 Å². The number of hydrogen-bond donors (Lipinski definition) is 2. The minimum Gasteiger partial charge on any atom is -0.382 e. The molecule has 1 aliphatic rings. The van der Waals surface area contributed by atoms with Gasteiger partial charge in [-0.15, -0.1) is 0 Å². The van der Waals surface area contributed by atoms with Crippen LogP contribution < -0.4 is 10.6 Å². The van der Waals surface area contributed by atoms with Crippen molar-refractivity contribution in [2.24, 2.45) is 5.92 Å². The maximum Gasteiger partial charge on any atom is 0.269 e. The highest BCUT2D eigenvalue weighted by Gasteiger charge is 2.15. The predicted octanol–water partition coefficient (Wildman–Crippen LogP) is 2.82. The highest BCUT2D eigenvalue weighted by molar-refractivity contribution is 5.93. The van der Waals surface area contributed by atoms with E-state index in [0.717, 1.165) is 5.69 Å². The van der Waals surface area contributed by atoms with Gasteiger partial charge in [0.1, 0.15) is 5.69 Å². The minimum absolute atomic E-state index is 0.0937. The highest BCUT2D eigenvalue weighted by atomic mass is 16.1. The van der Waals surface area contributed by atoms with Gasteiger partial charge in [0.05, 0.1) is 0 Å². The molecule has 0 radical (unpaired) electrons. The fraction of sp³-hybridized carbons (Fsp3) is 0.600. The van der Waals surface area contributed by atoms with Gasteiger partial charge in [0.25, 0.3) is 5.91 Å². The summed E-state index contributed by atoms with van der Waals surface area (Å²) in [6.45, 7) is 4.83. The minimum atomic E-state index is -0.0937. The molecule has 1 aromatic rings. The molecule has 1 saturated carbocycles. The van der Waals surface area contributed by atoms with Crippen molar-refractivity contribution in [3.05, 3.63) is 24.0 Å². The monoisotopic (exact) mass is 261 g/mol. The van der Waals surface area contributed by atoms with Crippen molar-refractivity contribution in [2.45, 2.75) is 45.6 Å². The number of anilines is 1. The Morgan fingerprint density at radius 2 is 2.16 bits per heavy atom. The summed E-state index contributed by atoms with van der Waals surface area (Å²) < 4.78 is 0. The number of pyridine rings is 1. The molecule has 4 nitrogen and oxygen atoms in total. The van der Waals surface area contributed by atoms with Gasteiger partial charge in [-0.1, -0.05) is 26.7 Å². The summed E-state index contributed by atoms with van der Waals surface area (Å²) in [5.41, 5.74) is 1.49. The molecule has 1 aliphatic carbocycles. The number of rotatable bonds is 5. The van der Waals surface area contributed by atoms with Gasteiger partial charge >= 0.3 is 0 Å². The van der Waals surface area contributed by atoms with E-state index in [9.17, 15) is 4.79 Å². The number of amides is 1. The molecule has 0 aromatic carbocycles. The standard InChI is InChI=1S/C15H23N3O/c1-11(2)10-17-15(19)14-9-13(7-8-16-14)18-12-5-3-4-6-12/h7-9,11-12H,3-6,10H2,1-2H3,(H,16,18)(H,17,19). The van der Waals surface area contributed by atoms with Gasteiger partial charge in [0.15, 0.2) is 0 Å². The van der Waals surface area contributed by atoms with Crippen molar-refractivity contribution < 1.29 is 4.79 Å². The Morgan fingerprint density at radius 1 is 1.42 bits per heavy atom. The largest absolute Gasteiger partial charge is 0.382 e. The zero-order valence-corrected chi connectivity index (χ0v) is 11.8. The molecular formula is C15H23N3O. The van der Waals surface area contributed by atoms with Crippen LogP contribution in [-0.4, -0.2) is 23.5 Å². The molecule has 19 heavy (non-hydrogen) atoms. The van der Waals surface area contributed by atoms with Crippen molar-refractivity contribution in [1.29, 1.82) is 0 Å². The second-order valence-corrected chi connectivity index (χ2v) is 5.66. The van der Waals surface area contributed by atoms with Gasteiger partial charge in [0.2, 0.25) is 0 Å². The molecule has 0 spiro atoms. The normalized spacial score (nSPS) is 15.7. The molecule has 0 unspecified atom stereocenters. The first-order valence-electron chi connectivity index (χ1n) is 7.16. The second-order valence-electron chi connectivity index (χ2n) is 5.66. The van der Waals surface area contributed by atoms with E-state index < -0.39 is 0 Å². The van der Waals surface area contributed by atoms with Crippen LogP contribution in [0.2, 0.25) is 0 Å². The molecule has 0 atom stereocenters. The third-order valence-corrected chi connectivity index (χ3v) is 3.39. The predicted molar refractivity (Wildman–Crippen MR) is 77.3 cm³/mol. The van der Waals surface area contributed by atoms with Crippen molar-refractivity contribution in [2.75, 3.05) is 11.9 Å². The third-order valence-electron chi connectivity index (χ3n) is 3.39. The first-order chi connectivity index (χ1) is 9.15. The summed E-state index contributed by atoms with van der Waals surface area (Å²) in [6, 6.07) is 4.32. The lowest BCUT2D eigenvalue weighted by atomic mass is 10.2. The van der Waals surface area contributed by atoms with E-state index in [4.69, 9.17) is 0 Å². The Balaban J connectivity index is 1.95. The lowest BCUT2D eigenvalue weighted by Crippen LogP contribution is -2.28. The van der Waals surface area contributed by atoms with Crippen LogP contribution in [0.1, 0.15) is 50.0 Å². The fourth-order valence-corrected chi connectivity index (χ4v) is 2.34. The molecule has 4 heteroatoms. The van der Waals surface area contributed by atoms with E-state index in [0.29, 0.717) is 24.2 Å². The lowest BCUT2D eigenvalue weighted by Gasteiger charge is -2.14. The van der Waals surface area contributed by atoms with Gasteiger partial charge in [0, 0.05) is 24.5 Å². The number of carbonyl (C=O) groups is 1. The fourth-order valence-electron chi connectivity index (χ4n) is 2.34. The van der Waals surface area contributed by atoms with Gasteiger partial charge in [-0.05, 0) is 30.9 Å². The summed E-state index contributed by atoms with van der Waals surface area (Å²) in [5.74, 6) is 0.354. The van der Waals surface area contributed by atoms with Crippen LogP contribution in [0.3, 0.4) is 0 Å². The molecule has 104 valence electrons. The molecular weight excluding hydrogens is 238 g/mol. The van der Waals surface area contributed by atoms with E-state index in [2.05, 4.69) is 29.5 Å².